The fourth-order valence-corrected chi connectivity index (χ4v) is 4.16. The lowest BCUT2D eigenvalue weighted by Crippen LogP contribution is -2.01. The predicted octanol–water partition coefficient (Wildman–Crippen LogP) is 0.979. The molecule has 16 heavy (non-hydrogen) atoms. The highest BCUT2D eigenvalue weighted by Gasteiger charge is 2.34. The van der Waals surface area contributed by atoms with Crippen molar-refractivity contribution in [1.82, 2.24) is 0 Å². The average Bonchev–Trinajstić information content (AvgIpc) is 2.65. The Morgan fingerprint density at radius 3 is 2.50 bits per heavy atom. The second-order valence-corrected chi connectivity index (χ2v) is 6.80. The van der Waals surface area contributed by atoms with Gasteiger partial charge in [-0.3, -0.25) is 4.79 Å². The van der Waals surface area contributed by atoms with Gasteiger partial charge in [-0.05, 0) is 12.0 Å². The molecule has 0 spiro atoms. The SMILES string of the molecule is CS(=O)(=O)c1sc(C(=O)O)c2c1C(=O)CC2. The number of ketones is 1. The molecular formula is C9H8O5S2. The molecule has 0 radical (unpaired) electrons. The Bertz CT molecular complexity index is 594. The Labute approximate surface area is 95.6 Å². The van der Waals surface area contributed by atoms with Crippen molar-refractivity contribution in [3.8, 4) is 0 Å². The smallest absolute Gasteiger partial charge is 0.346 e. The van der Waals surface area contributed by atoms with E-state index in [2.05, 4.69) is 0 Å². The molecule has 1 aromatic heterocycles. The molecule has 0 aliphatic heterocycles. The van der Waals surface area contributed by atoms with E-state index in [0.717, 1.165) is 6.26 Å². The van der Waals surface area contributed by atoms with Crippen LogP contribution >= 0.6 is 11.3 Å². The van der Waals surface area contributed by atoms with Gasteiger partial charge in [-0.25, -0.2) is 13.2 Å². The zero-order valence-corrected chi connectivity index (χ0v) is 9.94. The molecule has 86 valence electrons. The van der Waals surface area contributed by atoms with E-state index in [4.69, 9.17) is 5.11 Å². The third kappa shape index (κ3) is 1.56. The lowest BCUT2D eigenvalue weighted by molar-refractivity contribution is 0.0701. The Morgan fingerprint density at radius 2 is 2.00 bits per heavy atom. The fraction of sp³-hybridized carbons (Fsp3) is 0.333. The van der Waals surface area contributed by atoms with E-state index in [1.54, 1.807) is 0 Å². The number of Topliss-reactive ketones (excluding diaryl/α,β-unsaturated/α-hetero) is 1. The summed E-state index contributed by atoms with van der Waals surface area (Å²) in [4.78, 5) is 22.4. The summed E-state index contributed by atoms with van der Waals surface area (Å²) in [5.41, 5.74) is 0.479. The highest BCUT2D eigenvalue weighted by atomic mass is 32.2. The van der Waals surface area contributed by atoms with Crippen LogP contribution in [0.25, 0.3) is 0 Å². The van der Waals surface area contributed by atoms with E-state index in [1.807, 2.05) is 0 Å². The molecule has 1 heterocycles. The van der Waals surface area contributed by atoms with Crippen molar-refractivity contribution in [2.45, 2.75) is 17.1 Å². The van der Waals surface area contributed by atoms with Gasteiger partial charge in [0.05, 0.1) is 5.56 Å². The van der Waals surface area contributed by atoms with Crippen LogP contribution in [0.5, 0.6) is 0 Å². The molecule has 1 N–H and O–H groups in total. The molecular weight excluding hydrogens is 252 g/mol. The molecule has 5 nitrogen and oxygen atoms in total. The van der Waals surface area contributed by atoms with E-state index < -0.39 is 15.8 Å². The maximum Gasteiger partial charge on any atom is 0.346 e. The molecule has 0 fully saturated rings. The maximum atomic E-state index is 11.5. The third-order valence-corrected chi connectivity index (χ3v) is 5.44. The molecule has 0 aromatic carbocycles. The molecule has 0 atom stereocenters. The Hall–Kier alpha value is -1.21. The second kappa shape index (κ2) is 3.39. The second-order valence-electron chi connectivity index (χ2n) is 3.57. The zero-order valence-electron chi connectivity index (χ0n) is 8.31. The first kappa shape index (κ1) is 11.3. The topological polar surface area (TPSA) is 88.5 Å². The van der Waals surface area contributed by atoms with Gasteiger partial charge in [0.2, 0.25) is 0 Å². The van der Waals surface area contributed by atoms with Crippen molar-refractivity contribution in [3.63, 3.8) is 0 Å². The van der Waals surface area contributed by atoms with E-state index in [-0.39, 0.29) is 26.9 Å². The lowest BCUT2D eigenvalue weighted by Gasteiger charge is -1.95. The van der Waals surface area contributed by atoms with E-state index in [0.29, 0.717) is 23.3 Å². The van der Waals surface area contributed by atoms with E-state index >= 15 is 0 Å². The molecule has 0 saturated carbocycles. The highest BCUT2D eigenvalue weighted by molar-refractivity contribution is 7.92. The molecule has 0 saturated heterocycles. The minimum Gasteiger partial charge on any atom is -0.477 e. The minimum atomic E-state index is -3.54. The van der Waals surface area contributed by atoms with Crippen LogP contribution in [0.3, 0.4) is 0 Å². The van der Waals surface area contributed by atoms with E-state index in [9.17, 15) is 18.0 Å². The van der Waals surface area contributed by atoms with Gasteiger partial charge in [-0.15, -0.1) is 11.3 Å². The number of hydrogen-bond donors (Lipinski definition) is 1. The van der Waals surface area contributed by atoms with Gasteiger partial charge >= 0.3 is 5.97 Å². The van der Waals surface area contributed by atoms with Gasteiger partial charge in [0.25, 0.3) is 0 Å². The van der Waals surface area contributed by atoms with Crippen LogP contribution in [-0.4, -0.2) is 31.5 Å². The van der Waals surface area contributed by atoms with Crippen molar-refractivity contribution < 1.29 is 23.1 Å². The van der Waals surface area contributed by atoms with Crippen LogP contribution in [0.1, 0.15) is 32.0 Å². The lowest BCUT2D eigenvalue weighted by atomic mass is 10.2. The van der Waals surface area contributed by atoms with Crippen LogP contribution < -0.4 is 0 Å². The van der Waals surface area contributed by atoms with Crippen LogP contribution in [-0.2, 0) is 16.3 Å². The normalized spacial score (nSPS) is 15.2. The summed E-state index contributed by atoms with van der Waals surface area (Å²) in [6, 6.07) is 0. The summed E-state index contributed by atoms with van der Waals surface area (Å²) in [6.45, 7) is 0. The number of carboxylic acids is 1. The highest BCUT2D eigenvalue weighted by Crippen LogP contribution is 2.38. The Balaban J connectivity index is 2.79. The van der Waals surface area contributed by atoms with Crippen molar-refractivity contribution in [2.75, 3.05) is 6.26 Å². The summed E-state index contributed by atoms with van der Waals surface area (Å²) in [5, 5.41) is 8.92. The molecule has 1 aliphatic carbocycles. The van der Waals surface area contributed by atoms with Gasteiger partial charge in [-0.2, -0.15) is 0 Å². The van der Waals surface area contributed by atoms with Crippen molar-refractivity contribution >= 4 is 32.9 Å². The van der Waals surface area contributed by atoms with Crippen molar-refractivity contribution in [3.05, 3.63) is 16.0 Å². The third-order valence-electron chi connectivity index (χ3n) is 2.39. The number of carbonyl (C=O) groups is 2. The van der Waals surface area contributed by atoms with Crippen LogP contribution in [0.15, 0.2) is 4.21 Å². The molecule has 0 amide bonds. The quantitative estimate of drug-likeness (QED) is 0.856. The van der Waals surface area contributed by atoms with E-state index in [1.165, 1.54) is 0 Å². The van der Waals surface area contributed by atoms with Gasteiger partial charge in [0.15, 0.2) is 15.6 Å². The van der Waals surface area contributed by atoms with Crippen molar-refractivity contribution in [1.29, 1.82) is 0 Å². The summed E-state index contributed by atoms with van der Waals surface area (Å²) in [6.07, 6.45) is 1.50. The summed E-state index contributed by atoms with van der Waals surface area (Å²) >= 11 is 0.672. The largest absolute Gasteiger partial charge is 0.477 e. The van der Waals surface area contributed by atoms with Gasteiger partial charge in [0.1, 0.15) is 9.09 Å². The standard InChI is InChI=1S/C9H8O5S2/c1-16(13,14)9-6-4(2-3-5(6)10)7(15-9)8(11)12/h2-3H2,1H3,(H,11,12). The number of thiophene rings is 1. The van der Waals surface area contributed by atoms with Gasteiger partial charge < -0.3 is 5.11 Å². The Kier molecular flexibility index (Phi) is 2.39. The molecule has 1 aliphatic rings. The monoisotopic (exact) mass is 260 g/mol. The van der Waals surface area contributed by atoms with Gasteiger partial charge in [-0.1, -0.05) is 0 Å². The summed E-state index contributed by atoms with van der Waals surface area (Å²) in [5.74, 6) is -1.45. The molecule has 0 unspecified atom stereocenters. The fourth-order valence-electron chi connectivity index (χ4n) is 1.76. The van der Waals surface area contributed by atoms with Gasteiger partial charge in [0, 0.05) is 12.7 Å². The molecule has 2 rings (SSSR count). The predicted molar refractivity (Wildman–Crippen MR) is 57.0 cm³/mol. The average molecular weight is 260 g/mol. The molecule has 7 heteroatoms. The first-order valence-electron chi connectivity index (χ1n) is 4.44. The summed E-state index contributed by atoms with van der Waals surface area (Å²) in [7, 11) is -3.54. The summed E-state index contributed by atoms with van der Waals surface area (Å²) < 4.78 is 22.8. The number of rotatable bonds is 2. The number of carbonyl (C=O) groups excluding carboxylic acids is 1. The first-order chi connectivity index (χ1) is 7.32. The van der Waals surface area contributed by atoms with Crippen LogP contribution in [0.2, 0.25) is 0 Å². The number of hydrogen-bond acceptors (Lipinski definition) is 5. The van der Waals surface area contributed by atoms with Crippen LogP contribution in [0.4, 0.5) is 0 Å². The number of aromatic carboxylic acids is 1. The van der Waals surface area contributed by atoms with Crippen LogP contribution in [0, 0.1) is 0 Å². The number of fused-ring (bicyclic) bond motifs is 1. The number of carboxylic acid groups (broad SMARTS) is 1. The zero-order chi connectivity index (χ0) is 12.1. The Morgan fingerprint density at radius 1 is 1.38 bits per heavy atom. The minimum absolute atomic E-state index is 0.0266. The molecule has 1 aromatic rings. The number of sulfone groups is 1. The maximum absolute atomic E-state index is 11.5. The van der Waals surface area contributed by atoms with Crippen molar-refractivity contribution in [2.24, 2.45) is 0 Å². The molecule has 0 bridgehead atoms. The first-order valence-corrected chi connectivity index (χ1v) is 7.15.